The molecule has 0 amide bonds. The third-order valence-electron chi connectivity index (χ3n) is 6.36. The summed E-state index contributed by atoms with van der Waals surface area (Å²) in [7, 11) is 0. The molecular formula is C16H27I2N2O3-. The summed E-state index contributed by atoms with van der Waals surface area (Å²) in [4.78, 5) is 12.5. The maximum atomic E-state index is 12.5. The van der Waals surface area contributed by atoms with E-state index >= 15 is 0 Å². The van der Waals surface area contributed by atoms with E-state index in [0.29, 0.717) is 0 Å². The van der Waals surface area contributed by atoms with Gasteiger partial charge in [0.1, 0.15) is 0 Å². The van der Waals surface area contributed by atoms with E-state index in [1.165, 1.54) is 19.3 Å². The number of halogens is 2. The predicted molar refractivity (Wildman–Crippen MR) is 92.2 cm³/mol. The third-order valence-corrected chi connectivity index (χ3v) is 10.6. The van der Waals surface area contributed by atoms with Crippen molar-refractivity contribution in [2.75, 3.05) is 6.79 Å². The van der Waals surface area contributed by atoms with Crippen LogP contribution in [0.25, 0.3) is 0 Å². The molecule has 1 saturated heterocycles. The number of esters is 1. The standard InChI is InChI=1S/C16H27I2N2O3/c1-13(2)10-6-7-14(3,8-10)11(13)22-9-23-12(21)15(4,17)16(5)19-18-20-16/h10-11,19-20H,6-9H2,1-5H3/q-1. The normalized spacial score (nSPS) is 39.9. The number of carbonyl (C=O) groups is 1. The van der Waals surface area contributed by atoms with Gasteiger partial charge in [0.15, 0.2) is 0 Å². The number of hydrogen-bond donors (Lipinski definition) is 2. The number of nitrogens with one attached hydrogen (secondary N) is 2. The molecule has 1 aliphatic heterocycles. The molecule has 2 saturated carbocycles. The first-order valence-electron chi connectivity index (χ1n) is 8.18. The van der Waals surface area contributed by atoms with E-state index in [9.17, 15) is 4.79 Å². The number of hydrogen-bond acceptors (Lipinski definition) is 5. The van der Waals surface area contributed by atoms with E-state index < -0.39 is 3.42 Å². The van der Waals surface area contributed by atoms with Crippen LogP contribution >= 0.6 is 22.6 Å². The molecule has 3 rings (SSSR count). The summed E-state index contributed by atoms with van der Waals surface area (Å²) in [5, 5.41) is 0. The van der Waals surface area contributed by atoms with Crippen LogP contribution in [0.5, 0.6) is 0 Å². The van der Waals surface area contributed by atoms with Gasteiger partial charge >= 0.3 is 164 Å². The van der Waals surface area contributed by atoms with E-state index in [4.69, 9.17) is 9.47 Å². The van der Waals surface area contributed by atoms with Gasteiger partial charge in [-0.1, -0.05) is 0 Å². The van der Waals surface area contributed by atoms with Crippen molar-refractivity contribution in [3.8, 4) is 0 Å². The molecule has 4 atom stereocenters. The summed E-state index contributed by atoms with van der Waals surface area (Å²) < 4.78 is 17.7. The Hall–Kier alpha value is 0.810. The van der Waals surface area contributed by atoms with Gasteiger partial charge in [0, 0.05) is 0 Å². The van der Waals surface area contributed by atoms with Gasteiger partial charge in [-0.2, -0.15) is 0 Å². The van der Waals surface area contributed by atoms with Gasteiger partial charge in [0.05, 0.1) is 0 Å². The first-order chi connectivity index (χ1) is 10.5. The van der Waals surface area contributed by atoms with Crippen molar-refractivity contribution in [1.82, 2.24) is 7.06 Å². The summed E-state index contributed by atoms with van der Waals surface area (Å²) in [6, 6.07) is 0. The van der Waals surface area contributed by atoms with Crippen LogP contribution in [0.15, 0.2) is 0 Å². The van der Waals surface area contributed by atoms with Crippen LogP contribution in [0.2, 0.25) is 0 Å². The summed E-state index contributed by atoms with van der Waals surface area (Å²) in [5.41, 5.74) is 0.0256. The fourth-order valence-corrected chi connectivity index (χ4v) is 8.15. The van der Waals surface area contributed by atoms with Crippen molar-refractivity contribution in [2.45, 2.75) is 69.1 Å². The fourth-order valence-electron chi connectivity index (χ4n) is 4.53. The Balaban J connectivity index is 1.56. The second kappa shape index (κ2) is 5.92. The first kappa shape index (κ1) is 18.6. The Kier molecular flexibility index (Phi) is 4.79. The van der Waals surface area contributed by atoms with Crippen LogP contribution in [0.4, 0.5) is 0 Å². The average molecular weight is 549 g/mol. The molecule has 0 spiro atoms. The summed E-state index contributed by atoms with van der Waals surface area (Å²) in [5.74, 6) is 0.504. The Morgan fingerprint density at radius 1 is 1.35 bits per heavy atom. The third kappa shape index (κ3) is 2.86. The van der Waals surface area contributed by atoms with E-state index in [2.05, 4.69) is 50.4 Å². The Morgan fingerprint density at radius 3 is 2.48 bits per heavy atom. The van der Waals surface area contributed by atoms with Gasteiger partial charge in [0.2, 0.25) is 0 Å². The van der Waals surface area contributed by atoms with E-state index in [0.717, 1.165) is 5.92 Å². The molecule has 7 heteroatoms. The monoisotopic (exact) mass is 549 g/mol. The summed E-state index contributed by atoms with van der Waals surface area (Å²) in [6.07, 6.45) is 3.93. The van der Waals surface area contributed by atoms with Crippen molar-refractivity contribution in [1.29, 1.82) is 0 Å². The van der Waals surface area contributed by atoms with Crippen molar-refractivity contribution < 1.29 is 36.0 Å². The Morgan fingerprint density at radius 2 is 2.00 bits per heavy atom. The van der Waals surface area contributed by atoms with Gasteiger partial charge in [-0.05, 0) is 0 Å². The molecule has 0 aromatic carbocycles. The van der Waals surface area contributed by atoms with Crippen LogP contribution in [0.3, 0.4) is 0 Å². The summed E-state index contributed by atoms with van der Waals surface area (Å²) in [6.45, 7) is 10.9. The van der Waals surface area contributed by atoms with Crippen molar-refractivity contribution in [3.05, 3.63) is 0 Å². The van der Waals surface area contributed by atoms with E-state index in [-0.39, 0.29) is 57.1 Å². The van der Waals surface area contributed by atoms with E-state index in [1.807, 2.05) is 13.8 Å². The first-order valence-corrected chi connectivity index (χ1v) is 11.4. The quantitative estimate of drug-likeness (QED) is 0.163. The van der Waals surface area contributed by atoms with Gasteiger partial charge in [-0.25, -0.2) is 0 Å². The Bertz CT molecular complexity index is 503. The minimum absolute atomic E-state index is 0.0545. The van der Waals surface area contributed by atoms with Crippen LogP contribution in [-0.4, -0.2) is 28.0 Å². The Labute approximate surface area is 163 Å². The molecule has 0 radical (unpaired) electrons. The van der Waals surface area contributed by atoms with Crippen molar-refractivity contribution in [3.63, 3.8) is 0 Å². The molecule has 3 fully saturated rings. The zero-order valence-corrected chi connectivity index (χ0v) is 18.8. The second-order valence-corrected chi connectivity index (χ2v) is 12.2. The number of carbonyl (C=O) groups excluding carboxylic acids is 1. The number of fused-ring (bicyclic) bond motifs is 2. The molecule has 2 bridgehead atoms. The van der Waals surface area contributed by atoms with Crippen molar-refractivity contribution >= 4 is 28.6 Å². The van der Waals surface area contributed by atoms with Crippen LogP contribution < -0.4 is 28.8 Å². The maximum absolute atomic E-state index is 12.5. The SMILES string of the molecule is CC12CCC(C1)C(C)(C)C2OCOC(=O)C(C)(I)C1(C)N[I-]N1. The zero-order chi connectivity index (χ0) is 17.1. The average Bonchev–Trinajstić information content (AvgIpc) is 2.90. The van der Waals surface area contributed by atoms with Gasteiger partial charge in [-0.15, -0.1) is 0 Å². The van der Waals surface area contributed by atoms with Crippen LogP contribution in [0.1, 0.15) is 53.9 Å². The van der Waals surface area contributed by atoms with Gasteiger partial charge < -0.3 is 0 Å². The van der Waals surface area contributed by atoms with Gasteiger partial charge in [-0.3, -0.25) is 0 Å². The second-order valence-electron chi connectivity index (χ2n) is 8.42. The molecule has 0 aromatic rings. The van der Waals surface area contributed by atoms with E-state index in [1.54, 1.807) is 0 Å². The molecule has 0 aromatic heterocycles. The summed E-state index contributed by atoms with van der Waals surface area (Å²) >= 11 is 2.00. The molecule has 23 heavy (non-hydrogen) atoms. The molecule has 3 aliphatic rings. The number of rotatable bonds is 5. The number of alkyl halides is 1. The van der Waals surface area contributed by atoms with Crippen LogP contribution in [0, 0.1) is 16.7 Å². The zero-order valence-electron chi connectivity index (χ0n) is 14.5. The van der Waals surface area contributed by atoms with Crippen LogP contribution in [-0.2, 0) is 14.3 Å². The topological polar surface area (TPSA) is 59.6 Å². The molecular weight excluding hydrogens is 522 g/mol. The molecule has 2 N–H and O–H groups in total. The molecule has 4 unspecified atom stereocenters. The molecule has 5 nitrogen and oxygen atoms in total. The van der Waals surface area contributed by atoms with Gasteiger partial charge in [0.25, 0.3) is 0 Å². The number of ether oxygens (including phenoxy) is 2. The fraction of sp³-hybridized carbons (Fsp3) is 0.938. The predicted octanol–water partition coefficient (Wildman–Crippen LogP) is -0.260. The van der Waals surface area contributed by atoms with Crippen molar-refractivity contribution in [2.24, 2.45) is 16.7 Å². The molecule has 1 heterocycles. The molecule has 2 aliphatic carbocycles. The minimum atomic E-state index is -0.653. The molecule has 134 valence electrons.